The number of H-pyrrole nitrogens is 1. The van der Waals surface area contributed by atoms with Gasteiger partial charge in [0.15, 0.2) is 0 Å². The van der Waals surface area contributed by atoms with Crippen LogP contribution in [0.3, 0.4) is 0 Å². The third kappa shape index (κ3) is 2.93. The van der Waals surface area contributed by atoms with Crippen molar-refractivity contribution < 1.29 is 9.47 Å². The summed E-state index contributed by atoms with van der Waals surface area (Å²) >= 11 is 0. The summed E-state index contributed by atoms with van der Waals surface area (Å²) in [6.07, 6.45) is 9.43. The van der Waals surface area contributed by atoms with Gasteiger partial charge in [0.05, 0.1) is 17.2 Å². The van der Waals surface area contributed by atoms with Gasteiger partial charge in [-0.15, -0.1) is 0 Å². The minimum Gasteiger partial charge on any atom is -0.379 e. The lowest BCUT2D eigenvalue weighted by atomic mass is 9.53. The van der Waals surface area contributed by atoms with Gasteiger partial charge in [0.2, 0.25) is 0 Å². The Morgan fingerprint density at radius 3 is 2.76 bits per heavy atom. The molecule has 1 unspecified atom stereocenters. The molecule has 0 saturated carbocycles. The zero-order chi connectivity index (χ0) is 23.9. The highest BCUT2D eigenvalue weighted by atomic mass is 16.5. The van der Waals surface area contributed by atoms with Crippen molar-refractivity contribution in [3.63, 3.8) is 0 Å². The summed E-state index contributed by atoms with van der Waals surface area (Å²) in [5.74, 6) is 0.425. The number of methoxy groups -OCH3 is 2. The van der Waals surface area contributed by atoms with E-state index in [2.05, 4.69) is 73.2 Å². The van der Waals surface area contributed by atoms with E-state index in [1.807, 2.05) is 7.11 Å². The number of ether oxygens (including phenoxy) is 2. The van der Waals surface area contributed by atoms with E-state index >= 15 is 0 Å². The minimum absolute atomic E-state index is 0.0287. The number of rotatable bonds is 4. The Labute approximate surface area is 204 Å². The fourth-order valence-electron chi connectivity index (χ4n) is 8.32. The maximum Gasteiger partial charge on any atom is 0.0810 e. The van der Waals surface area contributed by atoms with Crippen molar-refractivity contribution in [1.82, 2.24) is 15.2 Å². The Hall–Kier alpha value is -1.66. The number of aromatic amines is 1. The number of piperidine rings is 1. The smallest absolute Gasteiger partial charge is 0.0810 e. The maximum absolute atomic E-state index is 6.49. The SMILES string of the molecule is CO[C@@H]1C2C(C)(C)c3[nH]c4c(/C=C/C(C)(C)OC)cccc4c3C[C@@]23CN2CCC[C@@]12CCN3. The third-order valence-electron chi connectivity index (χ3n) is 9.94. The van der Waals surface area contributed by atoms with Gasteiger partial charge in [-0.05, 0) is 63.7 Å². The molecule has 4 aliphatic heterocycles. The van der Waals surface area contributed by atoms with Crippen molar-refractivity contribution in [3.8, 4) is 0 Å². The lowest BCUT2D eigenvalue weighted by Crippen LogP contribution is -2.75. The van der Waals surface area contributed by atoms with Gasteiger partial charge in [0.1, 0.15) is 0 Å². The monoisotopic (exact) mass is 463 g/mol. The molecule has 184 valence electrons. The van der Waals surface area contributed by atoms with Crippen LogP contribution in [0.15, 0.2) is 24.3 Å². The molecule has 5 aliphatic rings. The summed E-state index contributed by atoms with van der Waals surface area (Å²) in [5.41, 5.74) is 5.28. The van der Waals surface area contributed by atoms with Crippen LogP contribution in [0.4, 0.5) is 0 Å². The molecule has 2 N–H and O–H groups in total. The molecular weight excluding hydrogens is 422 g/mol. The van der Waals surface area contributed by atoms with Crippen LogP contribution in [-0.4, -0.2) is 66.5 Å². The normalized spacial score (nSPS) is 34.9. The van der Waals surface area contributed by atoms with Gasteiger partial charge in [-0.25, -0.2) is 0 Å². The van der Waals surface area contributed by atoms with Crippen LogP contribution in [0.5, 0.6) is 0 Å². The van der Waals surface area contributed by atoms with Gasteiger partial charge in [-0.2, -0.15) is 0 Å². The van der Waals surface area contributed by atoms with Crippen molar-refractivity contribution in [2.45, 2.75) is 81.6 Å². The number of aromatic nitrogens is 1. The third-order valence-corrected chi connectivity index (χ3v) is 9.94. The number of para-hydroxylation sites is 1. The predicted molar refractivity (Wildman–Crippen MR) is 138 cm³/mol. The van der Waals surface area contributed by atoms with Gasteiger partial charge in [-0.1, -0.05) is 44.2 Å². The fraction of sp³-hybridized carbons (Fsp3) is 0.655. The quantitative estimate of drug-likeness (QED) is 0.693. The number of hydrogen-bond acceptors (Lipinski definition) is 4. The minimum atomic E-state index is -0.292. The van der Waals surface area contributed by atoms with Gasteiger partial charge in [0, 0.05) is 54.3 Å². The van der Waals surface area contributed by atoms with Crippen LogP contribution in [0, 0.1) is 5.92 Å². The number of fused-ring (bicyclic) bond motifs is 5. The number of nitrogens with one attached hydrogen (secondary N) is 2. The second-order valence-corrected chi connectivity index (χ2v) is 12.4. The van der Waals surface area contributed by atoms with Gasteiger partial charge < -0.3 is 19.8 Å². The lowest BCUT2D eigenvalue weighted by molar-refractivity contribution is -0.146. The molecule has 7 rings (SSSR count). The predicted octanol–water partition coefficient (Wildman–Crippen LogP) is 4.65. The average Bonchev–Trinajstić information content (AvgIpc) is 3.30. The van der Waals surface area contributed by atoms with E-state index in [1.54, 1.807) is 7.11 Å². The van der Waals surface area contributed by atoms with Gasteiger partial charge >= 0.3 is 0 Å². The Morgan fingerprint density at radius 2 is 2.00 bits per heavy atom. The molecule has 0 radical (unpaired) electrons. The Morgan fingerprint density at radius 1 is 1.18 bits per heavy atom. The first-order valence-corrected chi connectivity index (χ1v) is 13.1. The molecule has 2 bridgehead atoms. The Balaban J connectivity index is 1.53. The van der Waals surface area contributed by atoms with Gasteiger partial charge in [0.25, 0.3) is 0 Å². The van der Waals surface area contributed by atoms with Gasteiger partial charge in [-0.3, -0.25) is 4.90 Å². The first-order valence-electron chi connectivity index (χ1n) is 13.1. The Bertz CT molecular complexity index is 1150. The molecule has 5 heterocycles. The van der Waals surface area contributed by atoms with E-state index in [4.69, 9.17) is 9.47 Å². The highest BCUT2D eigenvalue weighted by Gasteiger charge is 2.68. The lowest BCUT2D eigenvalue weighted by Gasteiger charge is -2.62. The molecule has 1 aliphatic carbocycles. The molecule has 0 amide bonds. The number of benzene rings is 1. The summed E-state index contributed by atoms with van der Waals surface area (Å²) in [4.78, 5) is 6.75. The summed E-state index contributed by atoms with van der Waals surface area (Å²) in [6.45, 7) is 12.5. The van der Waals surface area contributed by atoms with Crippen LogP contribution in [-0.2, 0) is 21.3 Å². The molecule has 5 nitrogen and oxygen atoms in total. The zero-order valence-electron chi connectivity index (χ0n) is 21.8. The largest absolute Gasteiger partial charge is 0.379 e. The molecule has 2 spiro atoms. The molecule has 1 aromatic carbocycles. The molecular formula is C29H41N3O2. The molecule has 34 heavy (non-hydrogen) atoms. The second-order valence-electron chi connectivity index (χ2n) is 12.4. The molecule has 4 saturated heterocycles. The zero-order valence-corrected chi connectivity index (χ0v) is 21.8. The topological polar surface area (TPSA) is 49.5 Å². The van der Waals surface area contributed by atoms with Crippen molar-refractivity contribution in [2.24, 2.45) is 5.92 Å². The number of hydrogen-bond donors (Lipinski definition) is 2. The first-order chi connectivity index (χ1) is 16.2. The van der Waals surface area contributed by atoms with Crippen LogP contribution in [0.2, 0.25) is 0 Å². The highest BCUT2D eigenvalue weighted by Crippen LogP contribution is 2.59. The molecule has 4 atom stereocenters. The van der Waals surface area contributed by atoms with Crippen molar-refractivity contribution >= 4 is 17.0 Å². The standard InChI is InChI=1S/C29H41N3O2/c1-26(2,34-6)13-11-19-9-7-10-20-21-17-28-18-32-16-8-12-29(32,14-15-30-28)25(33-5)23(28)27(3,4)24(21)31-22(19)20/h7,9-11,13,23,25,30-31H,8,12,14-18H2,1-6H3/b13-11+/t23?,25-,28-,29-/m1/s1. The Kier molecular flexibility index (Phi) is 4.97. The van der Waals surface area contributed by atoms with Crippen LogP contribution in [0.25, 0.3) is 17.0 Å². The van der Waals surface area contributed by atoms with E-state index in [9.17, 15) is 0 Å². The van der Waals surface area contributed by atoms with Crippen LogP contribution in [0.1, 0.15) is 63.8 Å². The average molecular weight is 464 g/mol. The van der Waals surface area contributed by atoms with E-state index < -0.39 is 0 Å². The van der Waals surface area contributed by atoms with Crippen molar-refractivity contribution in [2.75, 3.05) is 33.9 Å². The van der Waals surface area contributed by atoms with Crippen molar-refractivity contribution in [3.05, 3.63) is 41.1 Å². The van der Waals surface area contributed by atoms with E-state index in [0.29, 0.717) is 5.92 Å². The van der Waals surface area contributed by atoms with E-state index in [-0.39, 0.29) is 28.2 Å². The van der Waals surface area contributed by atoms with Crippen molar-refractivity contribution in [1.29, 1.82) is 0 Å². The molecule has 5 heteroatoms. The van der Waals surface area contributed by atoms with Crippen LogP contribution >= 0.6 is 0 Å². The van der Waals surface area contributed by atoms with Crippen LogP contribution < -0.4 is 5.32 Å². The summed E-state index contributed by atoms with van der Waals surface area (Å²) in [7, 11) is 3.73. The second kappa shape index (κ2) is 7.42. The maximum atomic E-state index is 6.49. The molecule has 2 aromatic rings. The number of nitrogens with zero attached hydrogens (tertiary/aromatic N) is 1. The molecule has 4 fully saturated rings. The summed E-state index contributed by atoms with van der Waals surface area (Å²) < 4.78 is 12.1. The van der Waals surface area contributed by atoms with E-state index in [0.717, 1.165) is 19.5 Å². The highest BCUT2D eigenvalue weighted by molar-refractivity contribution is 5.92. The summed E-state index contributed by atoms with van der Waals surface area (Å²) in [5, 5.41) is 5.50. The summed E-state index contributed by atoms with van der Waals surface area (Å²) in [6, 6.07) is 6.73. The van der Waals surface area contributed by atoms with E-state index in [1.165, 1.54) is 53.5 Å². The first kappa shape index (κ1) is 22.8. The molecule has 1 aromatic heterocycles. The fourth-order valence-corrected chi connectivity index (χ4v) is 8.32.